The normalized spacial score (nSPS) is 11.7. The fourth-order valence-corrected chi connectivity index (χ4v) is 7.51. The van der Waals surface area contributed by atoms with Crippen LogP contribution in [0.5, 0.6) is 0 Å². The molecule has 0 fully saturated rings. The van der Waals surface area contributed by atoms with Crippen molar-refractivity contribution in [1.82, 2.24) is 9.97 Å². The van der Waals surface area contributed by atoms with E-state index in [1.807, 2.05) is 11.3 Å². The molecule has 0 atom stereocenters. The second-order valence-electron chi connectivity index (χ2n) is 11.0. The Morgan fingerprint density at radius 1 is 0.326 bits per heavy atom. The molecule has 0 bridgehead atoms. The molecule has 2 heterocycles. The summed E-state index contributed by atoms with van der Waals surface area (Å²) in [7, 11) is 0. The summed E-state index contributed by atoms with van der Waals surface area (Å²) in [5.74, 6) is 0. The van der Waals surface area contributed by atoms with Crippen molar-refractivity contribution in [1.29, 1.82) is 0 Å². The second kappa shape index (κ2) is 9.59. The minimum Gasteiger partial charge on any atom is -0.252 e. The van der Waals surface area contributed by atoms with Gasteiger partial charge >= 0.3 is 0 Å². The fraction of sp³-hybridized carbons (Fsp3) is 0. The molecule has 0 aliphatic heterocycles. The maximum atomic E-state index is 4.69. The van der Waals surface area contributed by atoms with E-state index in [2.05, 4.69) is 138 Å². The van der Waals surface area contributed by atoms with Crippen LogP contribution in [0.15, 0.2) is 146 Å². The molecule has 200 valence electrons. The molecule has 0 unspecified atom stereocenters. The van der Waals surface area contributed by atoms with E-state index < -0.39 is 0 Å². The van der Waals surface area contributed by atoms with Crippen molar-refractivity contribution in [2.75, 3.05) is 0 Å². The van der Waals surface area contributed by atoms with Crippen molar-refractivity contribution in [3.8, 4) is 33.4 Å². The first-order valence-corrected chi connectivity index (χ1v) is 15.3. The van der Waals surface area contributed by atoms with Crippen LogP contribution < -0.4 is 0 Å². The molecule has 3 heteroatoms. The Balaban J connectivity index is 1.05. The van der Waals surface area contributed by atoms with Gasteiger partial charge in [0, 0.05) is 43.3 Å². The fourth-order valence-electron chi connectivity index (χ4n) is 6.43. The standard InChI is InChI=1S/C40H24N2S/c1-2-7-33-31(5-1)35-23-29(17-19-34(35)40-39(33)41-21-22-42-40)27-13-9-25(10-14-27)26-11-15-28(16-12-26)30-18-20-38-36(24-30)32-6-3-4-8-37(32)43-38/h1-24H. The lowest BCUT2D eigenvalue weighted by Crippen LogP contribution is -1.89. The number of rotatable bonds is 3. The van der Waals surface area contributed by atoms with Crippen molar-refractivity contribution in [2.24, 2.45) is 0 Å². The summed E-state index contributed by atoms with van der Waals surface area (Å²) < 4.78 is 2.68. The highest BCUT2D eigenvalue weighted by Gasteiger charge is 2.12. The number of thiophene rings is 1. The Kier molecular flexibility index (Phi) is 5.40. The zero-order valence-corrected chi connectivity index (χ0v) is 24.0. The van der Waals surface area contributed by atoms with Gasteiger partial charge in [-0.25, -0.2) is 0 Å². The van der Waals surface area contributed by atoms with Crippen LogP contribution in [-0.2, 0) is 0 Å². The molecule has 2 aromatic heterocycles. The minimum atomic E-state index is 0.949. The van der Waals surface area contributed by atoms with E-state index in [1.165, 1.54) is 64.3 Å². The van der Waals surface area contributed by atoms with Gasteiger partial charge in [-0.1, -0.05) is 109 Å². The van der Waals surface area contributed by atoms with Crippen LogP contribution in [-0.4, -0.2) is 9.97 Å². The van der Waals surface area contributed by atoms with E-state index >= 15 is 0 Å². The summed E-state index contributed by atoms with van der Waals surface area (Å²) in [5.41, 5.74) is 9.20. The average Bonchev–Trinajstić information content (AvgIpc) is 3.46. The quantitative estimate of drug-likeness (QED) is 0.199. The van der Waals surface area contributed by atoms with Crippen LogP contribution in [0.3, 0.4) is 0 Å². The molecule has 0 aliphatic rings. The molecule has 9 aromatic rings. The van der Waals surface area contributed by atoms with Crippen molar-refractivity contribution in [2.45, 2.75) is 0 Å². The Morgan fingerprint density at radius 3 is 1.42 bits per heavy atom. The zero-order chi connectivity index (χ0) is 28.3. The van der Waals surface area contributed by atoms with Gasteiger partial charge in [0.15, 0.2) is 0 Å². The van der Waals surface area contributed by atoms with Gasteiger partial charge in [0.25, 0.3) is 0 Å². The summed E-state index contributed by atoms with van der Waals surface area (Å²) in [6.45, 7) is 0. The first-order chi connectivity index (χ1) is 21.3. The Hall–Kier alpha value is -5.38. The molecule has 0 N–H and O–H groups in total. The SMILES string of the molecule is c1ccc2c(c1)sc1ccc(-c3ccc(-c4ccc(-c5ccc6c(c5)c5ccccc5c5nccnc65)cc4)cc3)cc12. The van der Waals surface area contributed by atoms with Crippen molar-refractivity contribution in [3.05, 3.63) is 146 Å². The van der Waals surface area contributed by atoms with Crippen LogP contribution in [0.25, 0.3) is 86.1 Å². The van der Waals surface area contributed by atoms with Crippen molar-refractivity contribution in [3.63, 3.8) is 0 Å². The minimum absolute atomic E-state index is 0.949. The van der Waals surface area contributed by atoms with Gasteiger partial charge < -0.3 is 0 Å². The molecule has 2 nitrogen and oxygen atoms in total. The summed E-state index contributed by atoms with van der Waals surface area (Å²) >= 11 is 1.86. The Morgan fingerprint density at radius 2 is 0.767 bits per heavy atom. The predicted molar refractivity (Wildman–Crippen MR) is 184 cm³/mol. The number of nitrogens with zero attached hydrogens (tertiary/aromatic N) is 2. The molecule has 0 radical (unpaired) electrons. The van der Waals surface area contributed by atoms with Crippen LogP contribution >= 0.6 is 11.3 Å². The van der Waals surface area contributed by atoms with E-state index in [4.69, 9.17) is 4.98 Å². The third-order valence-corrected chi connectivity index (χ3v) is 9.74. The molecule has 7 aromatic carbocycles. The summed E-state index contributed by atoms with van der Waals surface area (Å²) in [6.07, 6.45) is 3.55. The van der Waals surface area contributed by atoms with Gasteiger partial charge in [-0.15, -0.1) is 11.3 Å². The third kappa shape index (κ3) is 3.93. The molecule has 0 saturated heterocycles. The largest absolute Gasteiger partial charge is 0.252 e. The summed E-state index contributed by atoms with van der Waals surface area (Å²) in [5, 5.41) is 7.35. The maximum Gasteiger partial charge on any atom is 0.0971 e. The number of hydrogen-bond acceptors (Lipinski definition) is 3. The smallest absolute Gasteiger partial charge is 0.0971 e. The predicted octanol–water partition coefficient (Wildman–Crippen LogP) is 11.3. The highest BCUT2D eigenvalue weighted by atomic mass is 32.1. The van der Waals surface area contributed by atoms with Crippen molar-refractivity contribution < 1.29 is 0 Å². The van der Waals surface area contributed by atoms with Gasteiger partial charge in [-0.2, -0.15) is 0 Å². The first kappa shape index (κ1) is 24.2. The summed E-state index contributed by atoms with van der Waals surface area (Å²) in [6, 6.07) is 48.5. The number of fused-ring (bicyclic) bond motifs is 9. The van der Waals surface area contributed by atoms with Crippen LogP contribution in [0.4, 0.5) is 0 Å². The van der Waals surface area contributed by atoms with Gasteiger partial charge in [-0.05, 0) is 68.4 Å². The van der Waals surface area contributed by atoms with E-state index in [9.17, 15) is 0 Å². The maximum absolute atomic E-state index is 4.69. The van der Waals surface area contributed by atoms with Crippen LogP contribution in [0.2, 0.25) is 0 Å². The molecular weight excluding hydrogens is 541 g/mol. The van der Waals surface area contributed by atoms with Gasteiger partial charge in [0.1, 0.15) is 0 Å². The summed E-state index contributed by atoms with van der Waals surface area (Å²) in [4.78, 5) is 9.35. The zero-order valence-electron chi connectivity index (χ0n) is 23.2. The Bertz CT molecular complexity index is 2450. The monoisotopic (exact) mass is 564 g/mol. The lowest BCUT2D eigenvalue weighted by atomic mass is 9.94. The van der Waals surface area contributed by atoms with E-state index in [0.29, 0.717) is 0 Å². The highest BCUT2D eigenvalue weighted by molar-refractivity contribution is 7.25. The molecule has 0 aliphatic carbocycles. The van der Waals surface area contributed by atoms with E-state index in [0.717, 1.165) is 21.8 Å². The Labute approximate surface area is 252 Å². The second-order valence-corrected chi connectivity index (χ2v) is 12.1. The van der Waals surface area contributed by atoms with E-state index in [-0.39, 0.29) is 0 Å². The van der Waals surface area contributed by atoms with Gasteiger partial charge in [0.05, 0.1) is 11.0 Å². The molecule has 9 rings (SSSR count). The number of benzene rings is 7. The average molecular weight is 565 g/mol. The highest BCUT2D eigenvalue weighted by Crippen LogP contribution is 2.38. The molecule has 0 amide bonds. The van der Waals surface area contributed by atoms with Gasteiger partial charge in [-0.3, -0.25) is 9.97 Å². The van der Waals surface area contributed by atoms with Crippen molar-refractivity contribution >= 4 is 64.1 Å². The lowest BCUT2D eigenvalue weighted by molar-refractivity contribution is 1.31. The van der Waals surface area contributed by atoms with Crippen LogP contribution in [0.1, 0.15) is 0 Å². The molecule has 43 heavy (non-hydrogen) atoms. The van der Waals surface area contributed by atoms with Gasteiger partial charge in [0.2, 0.25) is 0 Å². The lowest BCUT2D eigenvalue weighted by Gasteiger charge is -2.11. The molecule has 0 saturated carbocycles. The molecular formula is C40H24N2S. The van der Waals surface area contributed by atoms with E-state index in [1.54, 1.807) is 12.4 Å². The number of aromatic nitrogens is 2. The molecule has 0 spiro atoms. The number of hydrogen-bond donors (Lipinski definition) is 0. The third-order valence-electron chi connectivity index (χ3n) is 8.59. The van der Waals surface area contributed by atoms with Crippen LogP contribution in [0, 0.1) is 0 Å². The topological polar surface area (TPSA) is 25.8 Å². The first-order valence-electron chi connectivity index (χ1n) is 14.5.